The molecule has 1 aliphatic carbocycles. The van der Waals surface area contributed by atoms with E-state index in [1.165, 1.54) is 12.5 Å². The molecule has 114 valence electrons. The maximum absolute atomic E-state index is 12.3. The molecule has 1 aromatic heterocycles. The molecule has 0 atom stereocenters. The second-order valence-corrected chi connectivity index (χ2v) is 5.67. The average molecular weight is 298 g/mol. The van der Waals surface area contributed by atoms with Crippen LogP contribution in [-0.4, -0.2) is 11.1 Å². The van der Waals surface area contributed by atoms with Gasteiger partial charge in [0.05, 0.1) is 11.8 Å². The molecule has 1 aliphatic rings. The molecule has 0 fully saturated rings. The first-order valence-corrected chi connectivity index (χ1v) is 7.62. The summed E-state index contributed by atoms with van der Waals surface area (Å²) in [5, 5.41) is 9.46. The highest BCUT2D eigenvalue weighted by atomic mass is 16.4. The van der Waals surface area contributed by atoms with Crippen molar-refractivity contribution in [2.45, 2.75) is 38.5 Å². The molecule has 4 nitrogen and oxygen atoms in total. The van der Waals surface area contributed by atoms with Crippen molar-refractivity contribution >= 4 is 22.5 Å². The third-order valence-corrected chi connectivity index (χ3v) is 4.04. The third kappa shape index (κ3) is 2.96. The van der Waals surface area contributed by atoms with Crippen LogP contribution in [0.2, 0.25) is 0 Å². The van der Waals surface area contributed by atoms with Crippen LogP contribution in [0.4, 0.5) is 0 Å². The summed E-state index contributed by atoms with van der Waals surface area (Å²) in [5.41, 5.74) is 1.88. The van der Waals surface area contributed by atoms with Gasteiger partial charge in [0, 0.05) is 11.6 Å². The fourth-order valence-corrected chi connectivity index (χ4v) is 2.93. The summed E-state index contributed by atoms with van der Waals surface area (Å²) in [6, 6.07) is 6.61. The lowest BCUT2D eigenvalue weighted by Crippen LogP contribution is -2.06. The molecule has 0 amide bonds. The minimum Gasteiger partial charge on any atom is -0.481 e. The predicted octanol–water partition coefficient (Wildman–Crippen LogP) is 3.77. The van der Waals surface area contributed by atoms with Crippen LogP contribution in [0.1, 0.15) is 43.4 Å². The summed E-state index contributed by atoms with van der Waals surface area (Å²) in [6.07, 6.45) is 7.31. The first-order chi connectivity index (χ1) is 10.6. The lowest BCUT2D eigenvalue weighted by molar-refractivity contribution is -0.136. The summed E-state index contributed by atoms with van der Waals surface area (Å²) >= 11 is 0. The highest BCUT2D eigenvalue weighted by Crippen LogP contribution is 2.28. The number of benzene rings is 1. The van der Waals surface area contributed by atoms with Gasteiger partial charge in [-0.05, 0) is 37.3 Å². The molecule has 1 heterocycles. The molecular weight excluding hydrogens is 280 g/mol. The van der Waals surface area contributed by atoms with Crippen LogP contribution in [0, 0.1) is 0 Å². The topological polar surface area (TPSA) is 67.5 Å². The van der Waals surface area contributed by atoms with E-state index in [2.05, 4.69) is 6.08 Å². The zero-order chi connectivity index (χ0) is 15.5. The van der Waals surface area contributed by atoms with Gasteiger partial charge in [-0.25, -0.2) is 0 Å². The molecular formula is C18H18O4. The largest absolute Gasteiger partial charge is 0.481 e. The predicted molar refractivity (Wildman–Crippen MR) is 84.9 cm³/mol. The average Bonchev–Trinajstić information content (AvgIpc) is 2.76. The van der Waals surface area contributed by atoms with Gasteiger partial charge in [-0.2, -0.15) is 0 Å². The van der Waals surface area contributed by atoms with Crippen molar-refractivity contribution in [2.24, 2.45) is 0 Å². The molecule has 0 radical (unpaired) electrons. The van der Waals surface area contributed by atoms with Crippen LogP contribution in [0.3, 0.4) is 0 Å². The quantitative estimate of drug-likeness (QED) is 0.936. The molecule has 0 aliphatic heterocycles. The van der Waals surface area contributed by atoms with Gasteiger partial charge in [0.2, 0.25) is 0 Å². The van der Waals surface area contributed by atoms with Crippen molar-refractivity contribution in [3.05, 3.63) is 51.9 Å². The smallest absolute Gasteiger partial charge is 0.307 e. The van der Waals surface area contributed by atoms with Gasteiger partial charge in [-0.3, -0.25) is 9.59 Å². The monoisotopic (exact) mass is 298 g/mol. The highest BCUT2D eigenvalue weighted by Gasteiger charge is 2.14. The molecule has 0 spiro atoms. The van der Waals surface area contributed by atoms with E-state index < -0.39 is 5.97 Å². The molecule has 1 aromatic carbocycles. The van der Waals surface area contributed by atoms with Crippen molar-refractivity contribution in [1.29, 1.82) is 0 Å². The second-order valence-electron chi connectivity index (χ2n) is 5.67. The summed E-state index contributed by atoms with van der Waals surface area (Å²) in [4.78, 5) is 23.3. The molecule has 0 unspecified atom stereocenters. The van der Waals surface area contributed by atoms with Gasteiger partial charge < -0.3 is 9.52 Å². The van der Waals surface area contributed by atoms with Crippen LogP contribution in [0.15, 0.2) is 39.6 Å². The van der Waals surface area contributed by atoms with Gasteiger partial charge >= 0.3 is 5.97 Å². The zero-order valence-electron chi connectivity index (χ0n) is 12.3. The van der Waals surface area contributed by atoms with E-state index >= 15 is 0 Å². The van der Waals surface area contributed by atoms with Gasteiger partial charge in [0.1, 0.15) is 11.3 Å². The van der Waals surface area contributed by atoms with Crippen LogP contribution >= 0.6 is 0 Å². The number of allylic oxidation sites excluding steroid dienone is 2. The Morgan fingerprint density at radius 3 is 2.91 bits per heavy atom. The molecule has 0 saturated heterocycles. The van der Waals surface area contributed by atoms with E-state index in [1.54, 1.807) is 18.2 Å². The van der Waals surface area contributed by atoms with E-state index in [0.29, 0.717) is 22.3 Å². The first-order valence-electron chi connectivity index (χ1n) is 7.62. The number of para-hydroxylation sites is 1. The van der Waals surface area contributed by atoms with Gasteiger partial charge in [0.25, 0.3) is 0 Å². The second kappa shape index (κ2) is 6.18. The van der Waals surface area contributed by atoms with Crippen molar-refractivity contribution in [3.8, 4) is 0 Å². The van der Waals surface area contributed by atoms with E-state index in [9.17, 15) is 9.59 Å². The molecule has 22 heavy (non-hydrogen) atoms. The SMILES string of the molecule is O=C(O)Cc1cccc2c(=O)cc(C3=CCCCCC3)oc12. The Morgan fingerprint density at radius 2 is 2.09 bits per heavy atom. The van der Waals surface area contributed by atoms with Gasteiger partial charge in [0.15, 0.2) is 5.43 Å². The maximum atomic E-state index is 12.3. The summed E-state index contributed by atoms with van der Waals surface area (Å²) in [6.45, 7) is 0. The van der Waals surface area contributed by atoms with Crippen LogP contribution in [0.5, 0.6) is 0 Å². The molecule has 1 N–H and O–H groups in total. The van der Waals surface area contributed by atoms with Gasteiger partial charge in [-0.1, -0.05) is 24.6 Å². The number of rotatable bonds is 3. The first kappa shape index (κ1) is 14.6. The standard InChI is InChI=1S/C18H18O4/c19-15-11-16(12-6-3-1-2-4-7-12)22-18-13(10-17(20)21)8-5-9-14(15)18/h5-6,8-9,11H,1-4,7,10H2,(H,20,21). The Bertz CT molecular complexity index is 798. The Kier molecular flexibility index (Phi) is 4.09. The molecule has 3 rings (SSSR count). The number of hydrogen-bond acceptors (Lipinski definition) is 3. The highest BCUT2D eigenvalue weighted by molar-refractivity contribution is 5.84. The maximum Gasteiger partial charge on any atom is 0.307 e. The number of aliphatic carboxylic acids is 1. The Hall–Kier alpha value is -2.36. The minimum atomic E-state index is -0.936. The van der Waals surface area contributed by atoms with E-state index in [1.807, 2.05) is 0 Å². The fourth-order valence-electron chi connectivity index (χ4n) is 2.93. The van der Waals surface area contributed by atoms with E-state index in [0.717, 1.165) is 31.3 Å². The lowest BCUT2D eigenvalue weighted by Gasteiger charge is -2.08. The van der Waals surface area contributed by atoms with Crippen LogP contribution in [-0.2, 0) is 11.2 Å². The summed E-state index contributed by atoms with van der Waals surface area (Å²) < 4.78 is 5.94. The fraction of sp³-hybridized carbons (Fsp3) is 0.333. The van der Waals surface area contributed by atoms with Crippen molar-refractivity contribution < 1.29 is 14.3 Å². The summed E-state index contributed by atoms with van der Waals surface area (Å²) in [5.74, 6) is -0.355. The lowest BCUT2D eigenvalue weighted by atomic mass is 10.0. The Labute approximate surface area is 128 Å². The number of carbonyl (C=O) groups is 1. The van der Waals surface area contributed by atoms with Crippen molar-refractivity contribution in [2.75, 3.05) is 0 Å². The Morgan fingerprint density at radius 1 is 1.23 bits per heavy atom. The zero-order valence-corrected chi connectivity index (χ0v) is 12.3. The number of fused-ring (bicyclic) bond motifs is 1. The molecule has 0 saturated carbocycles. The third-order valence-electron chi connectivity index (χ3n) is 4.04. The van der Waals surface area contributed by atoms with E-state index in [4.69, 9.17) is 9.52 Å². The number of carboxylic acids is 1. The molecule has 2 aromatic rings. The number of carboxylic acid groups (broad SMARTS) is 1. The molecule has 4 heteroatoms. The normalized spacial score (nSPS) is 15.4. The minimum absolute atomic E-state index is 0.117. The van der Waals surface area contributed by atoms with Crippen molar-refractivity contribution in [3.63, 3.8) is 0 Å². The Balaban J connectivity index is 2.15. The van der Waals surface area contributed by atoms with Crippen LogP contribution < -0.4 is 5.43 Å². The molecule has 0 bridgehead atoms. The van der Waals surface area contributed by atoms with E-state index in [-0.39, 0.29) is 11.8 Å². The number of hydrogen-bond donors (Lipinski definition) is 1. The van der Waals surface area contributed by atoms with Crippen molar-refractivity contribution in [1.82, 2.24) is 0 Å². The van der Waals surface area contributed by atoms with Gasteiger partial charge in [-0.15, -0.1) is 0 Å². The van der Waals surface area contributed by atoms with Crippen LogP contribution in [0.25, 0.3) is 16.5 Å². The summed E-state index contributed by atoms with van der Waals surface area (Å²) in [7, 11) is 0.